The fraction of sp³-hybridized carbons (Fsp3) is 0.333. The lowest BCUT2D eigenvalue weighted by molar-refractivity contribution is -0.147. The molecule has 0 N–H and O–H groups in total. The Kier molecular flexibility index (Phi) is 6.74. The number of halogens is 3. The average Bonchev–Trinajstić information content (AvgIpc) is 2.41. The van der Waals surface area contributed by atoms with E-state index in [0.29, 0.717) is 4.47 Å². The molecule has 20 heavy (non-hydrogen) atoms. The SMILES string of the molecule is CCOC(=O)C(N=Nc1ccc(F)cc1Br)C(=O)CCl. The predicted octanol–water partition coefficient (Wildman–Crippen LogP) is 3.41. The molecule has 108 valence electrons. The highest BCUT2D eigenvalue weighted by molar-refractivity contribution is 9.10. The highest BCUT2D eigenvalue weighted by atomic mass is 79.9. The standard InChI is InChI=1S/C12H11BrClFN2O3/c1-2-20-12(19)11(10(18)6-14)17-16-9-4-3-7(15)5-8(9)13/h3-5,11H,2,6H2,1H3. The second-order valence-electron chi connectivity index (χ2n) is 3.57. The quantitative estimate of drug-likeness (QED) is 0.336. The summed E-state index contributed by atoms with van der Waals surface area (Å²) in [5.74, 6) is -2.27. The van der Waals surface area contributed by atoms with Crippen LogP contribution in [0.5, 0.6) is 0 Å². The molecule has 0 saturated carbocycles. The number of alkyl halides is 1. The predicted molar refractivity (Wildman–Crippen MR) is 74.8 cm³/mol. The van der Waals surface area contributed by atoms with Gasteiger partial charge in [-0.1, -0.05) is 0 Å². The second-order valence-corrected chi connectivity index (χ2v) is 4.69. The third-order valence-electron chi connectivity index (χ3n) is 2.14. The van der Waals surface area contributed by atoms with Crippen molar-refractivity contribution in [2.24, 2.45) is 10.2 Å². The van der Waals surface area contributed by atoms with Crippen molar-refractivity contribution in [1.29, 1.82) is 0 Å². The summed E-state index contributed by atoms with van der Waals surface area (Å²) in [7, 11) is 0. The summed E-state index contributed by atoms with van der Waals surface area (Å²) in [5, 5.41) is 7.39. The highest BCUT2D eigenvalue weighted by Gasteiger charge is 2.27. The van der Waals surface area contributed by atoms with Gasteiger partial charge in [0.2, 0.25) is 6.04 Å². The first kappa shape index (κ1) is 16.7. The van der Waals surface area contributed by atoms with Gasteiger partial charge in [-0.3, -0.25) is 4.79 Å². The van der Waals surface area contributed by atoms with E-state index >= 15 is 0 Å². The minimum atomic E-state index is -1.41. The number of ketones is 1. The van der Waals surface area contributed by atoms with Gasteiger partial charge >= 0.3 is 5.97 Å². The summed E-state index contributed by atoms with van der Waals surface area (Å²) in [4.78, 5) is 23.1. The Morgan fingerprint density at radius 2 is 2.20 bits per heavy atom. The fourth-order valence-corrected chi connectivity index (χ4v) is 1.80. The number of esters is 1. The van der Waals surface area contributed by atoms with Crippen molar-refractivity contribution < 1.29 is 18.7 Å². The van der Waals surface area contributed by atoms with Crippen LogP contribution >= 0.6 is 27.5 Å². The van der Waals surface area contributed by atoms with Crippen molar-refractivity contribution in [3.63, 3.8) is 0 Å². The zero-order valence-corrected chi connectivity index (χ0v) is 12.8. The van der Waals surface area contributed by atoms with Gasteiger partial charge < -0.3 is 4.74 Å². The van der Waals surface area contributed by atoms with E-state index in [9.17, 15) is 14.0 Å². The number of nitrogens with zero attached hydrogens (tertiary/aromatic N) is 2. The number of carbonyl (C=O) groups excluding carboxylic acids is 2. The minimum absolute atomic E-state index is 0.112. The summed E-state index contributed by atoms with van der Waals surface area (Å²) in [6.07, 6.45) is 0. The van der Waals surface area contributed by atoms with E-state index in [2.05, 4.69) is 26.2 Å². The average molecular weight is 366 g/mol. The first-order valence-corrected chi connectivity index (χ1v) is 6.93. The number of hydrogen-bond acceptors (Lipinski definition) is 5. The lowest BCUT2D eigenvalue weighted by Gasteiger charge is -2.07. The molecule has 5 nitrogen and oxygen atoms in total. The third-order valence-corrected chi connectivity index (χ3v) is 3.04. The number of rotatable bonds is 6. The molecular formula is C12H11BrClFN2O3. The Labute approximate surface area is 128 Å². The van der Waals surface area contributed by atoms with Crippen LogP contribution in [-0.4, -0.2) is 30.3 Å². The van der Waals surface area contributed by atoms with E-state index in [-0.39, 0.29) is 18.2 Å². The Bertz CT molecular complexity index is 539. The van der Waals surface area contributed by atoms with E-state index in [1.54, 1.807) is 6.92 Å². The largest absolute Gasteiger partial charge is 0.464 e. The van der Waals surface area contributed by atoms with E-state index < -0.39 is 23.6 Å². The van der Waals surface area contributed by atoms with Crippen molar-refractivity contribution in [3.05, 3.63) is 28.5 Å². The van der Waals surface area contributed by atoms with E-state index in [4.69, 9.17) is 16.3 Å². The second kappa shape index (κ2) is 8.06. The molecule has 0 fully saturated rings. The van der Waals surface area contributed by atoms with Crippen molar-refractivity contribution in [2.75, 3.05) is 12.5 Å². The van der Waals surface area contributed by atoms with E-state index in [0.717, 1.165) is 0 Å². The number of ether oxygens (including phenoxy) is 1. The molecular weight excluding hydrogens is 354 g/mol. The van der Waals surface area contributed by atoms with Crippen LogP contribution in [0.4, 0.5) is 10.1 Å². The Hall–Kier alpha value is -1.34. The summed E-state index contributed by atoms with van der Waals surface area (Å²) in [5.41, 5.74) is 0.281. The lowest BCUT2D eigenvalue weighted by Crippen LogP contribution is -2.30. The van der Waals surface area contributed by atoms with Gasteiger partial charge in [-0.25, -0.2) is 9.18 Å². The molecule has 0 aliphatic carbocycles. The first-order chi connectivity index (χ1) is 9.49. The Balaban J connectivity index is 2.96. The molecule has 1 unspecified atom stereocenters. The van der Waals surface area contributed by atoms with Crippen molar-refractivity contribution in [1.82, 2.24) is 0 Å². The van der Waals surface area contributed by atoms with Gasteiger partial charge in [0.25, 0.3) is 0 Å². The third kappa shape index (κ3) is 4.64. The molecule has 8 heteroatoms. The summed E-state index contributed by atoms with van der Waals surface area (Å²) in [6, 6.07) is 2.32. The Morgan fingerprint density at radius 1 is 1.50 bits per heavy atom. The first-order valence-electron chi connectivity index (χ1n) is 5.60. The molecule has 1 rings (SSSR count). The molecule has 0 spiro atoms. The van der Waals surface area contributed by atoms with E-state index in [1.807, 2.05) is 0 Å². The monoisotopic (exact) mass is 364 g/mol. The highest BCUT2D eigenvalue weighted by Crippen LogP contribution is 2.26. The Morgan fingerprint density at radius 3 is 2.75 bits per heavy atom. The molecule has 1 aromatic carbocycles. The van der Waals surface area contributed by atoms with Crippen molar-refractivity contribution >= 4 is 45.0 Å². The van der Waals surface area contributed by atoms with Crippen LogP contribution in [0.3, 0.4) is 0 Å². The van der Waals surface area contributed by atoms with Crippen LogP contribution in [0.15, 0.2) is 32.9 Å². The summed E-state index contributed by atoms with van der Waals surface area (Å²) in [6.45, 7) is 1.72. The normalized spacial score (nSPS) is 12.4. The van der Waals surface area contributed by atoms with Gasteiger partial charge in [0, 0.05) is 4.47 Å². The van der Waals surface area contributed by atoms with Gasteiger partial charge in [0.05, 0.1) is 18.2 Å². The number of carbonyl (C=O) groups is 2. The molecule has 0 heterocycles. The molecule has 0 amide bonds. The van der Waals surface area contributed by atoms with Crippen LogP contribution in [0.25, 0.3) is 0 Å². The zero-order valence-electron chi connectivity index (χ0n) is 10.5. The molecule has 0 radical (unpaired) electrons. The topological polar surface area (TPSA) is 68.1 Å². The fourth-order valence-electron chi connectivity index (χ4n) is 1.22. The van der Waals surface area contributed by atoms with Gasteiger partial charge in [-0.15, -0.1) is 11.6 Å². The summed E-state index contributed by atoms with van der Waals surface area (Å²) < 4.78 is 18.0. The van der Waals surface area contributed by atoms with Gasteiger partial charge in [-0.05, 0) is 41.1 Å². The van der Waals surface area contributed by atoms with Crippen molar-refractivity contribution in [3.8, 4) is 0 Å². The lowest BCUT2D eigenvalue weighted by atomic mass is 10.2. The minimum Gasteiger partial charge on any atom is -0.464 e. The van der Waals surface area contributed by atoms with Crippen molar-refractivity contribution in [2.45, 2.75) is 13.0 Å². The van der Waals surface area contributed by atoms with Crippen LogP contribution < -0.4 is 0 Å². The van der Waals surface area contributed by atoms with Crippen LogP contribution in [0.2, 0.25) is 0 Å². The number of azo groups is 1. The number of Topliss-reactive ketones (excluding diaryl/α,β-unsaturated/α-hetero) is 1. The molecule has 0 aliphatic heterocycles. The molecule has 0 aliphatic rings. The maximum absolute atomic E-state index is 12.9. The van der Waals surface area contributed by atoms with Gasteiger partial charge in [-0.2, -0.15) is 10.2 Å². The maximum atomic E-state index is 12.9. The van der Waals surface area contributed by atoms with Gasteiger partial charge in [0.1, 0.15) is 5.82 Å². The molecule has 1 atom stereocenters. The summed E-state index contributed by atoms with van der Waals surface area (Å²) >= 11 is 8.51. The molecule has 1 aromatic rings. The van der Waals surface area contributed by atoms with Gasteiger partial charge in [0.15, 0.2) is 5.78 Å². The molecule has 0 bridgehead atoms. The zero-order chi connectivity index (χ0) is 15.1. The van der Waals surface area contributed by atoms with E-state index in [1.165, 1.54) is 18.2 Å². The number of hydrogen-bond donors (Lipinski definition) is 0. The number of benzene rings is 1. The maximum Gasteiger partial charge on any atom is 0.340 e. The van der Waals surface area contributed by atoms with Crippen LogP contribution in [-0.2, 0) is 14.3 Å². The van der Waals surface area contributed by atoms with Crippen LogP contribution in [0.1, 0.15) is 6.92 Å². The smallest absolute Gasteiger partial charge is 0.340 e. The molecule has 0 aromatic heterocycles. The molecule has 0 saturated heterocycles. The van der Waals surface area contributed by atoms with Crippen LogP contribution in [0, 0.1) is 5.82 Å².